The Morgan fingerprint density at radius 3 is 2.28 bits per heavy atom. The third kappa shape index (κ3) is 2.15. The molecule has 0 saturated carbocycles. The van der Waals surface area contributed by atoms with Gasteiger partial charge in [-0.1, -0.05) is 30.3 Å². The third-order valence-electron chi connectivity index (χ3n) is 3.35. The SMILES string of the molecule is ClCc1ccc(N2Cc3ccccc3C2)c(Br)c1. The van der Waals surface area contributed by atoms with Gasteiger partial charge in [0.05, 0.1) is 5.69 Å². The minimum absolute atomic E-state index is 0.555. The number of hydrogen-bond acceptors (Lipinski definition) is 1. The van der Waals surface area contributed by atoms with Gasteiger partial charge in [-0.25, -0.2) is 0 Å². The summed E-state index contributed by atoms with van der Waals surface area (Å²) in [4.78, 5) is 2.38. The van der Waals surface area contributed by atoms with E-state index in [0.29, 0.717) is 5.88 Å². The molecule has 3 rings (SSSR count). The van der Waals surface area contributed by atoms with Crippen LogP contribution in [0.25, 0.3) is 0 Å². The molecule has 18 heavy (non-hydrogen) atoms. The van der Waals surface area contributed by atoms with Crippen LogP contribution in [0, 0.1) is 0 Å². The first-order chi connectivity index (χ1) is 8.78. The van der Waals surface area contributed by atoms with Gasteiger partial charge in [0.1, 0.15) is 0 Å². The smallest absolute Gasteiger partial charge is 0.0516 e. The lowest BCUT2D eigenvalue weighted by Gasteiger charge is -2.19. The number of nitrogens with zero attached hydrogens (tertiary/aromatic N) is 1. The van der Waals surface area contributed by atoms with E-state index in [9.17, 15) is 0 Å². The lowest BCUT2D eigenvalue weighted by atomic mass is 10.1. The number of hydrogen-bond donors (Lipinski definition) is 0. The van der Waals surface area contributed by atoms with Crippen molar-refractivity contribution in [2.45, 2.75) is 19.0 Å². The molecule has 0 amide bonds. The Balaban J connectivity index is 1.90. The van der Waals surface area contributed by atoms with Gasteiger partial charge in [-0.2, -0.15) is 0 Å². The number of anilines is 1. The fourth-order valence-corrected chi connectivity index (χ4v) is 3.24. The van der Waals surface area contributed by atoms with Crippen LogP contribution in [0.15, 0.2) is 46.9 Å². The quantitative estimate of drug-likeness (QED) is 0.724. The first kappa shape index (κ1) is 12.1. The van der Waals surface area contributed by atoms with E-state index in [1.54, 1.807) is 0 Å². The van der Waals surface area contributed by atoms with Crippen LogP contribution in [-0.2, 0) is 19.0 Å². The Morgan fingerprint density at radius 2 is 1.72 bits per heavy atom. The van der Waals surface area contributed by atoms with Gasteiger partial charge < -0.3 is 4.90 Å². The number of rotatable bonds is 2. The Kier molecular flexibility index (Phi) is 3.31. The van der Waals surface area contributed by atoms with Crippen molar-refractivity contribution in [2.24, 2.45) is 0 Å². The molecule has 0 spiro atoms. The Labute approximate surface area is 121 Å². The summed E-state index contributed by atoms with van der Waals surface area (Å²) in [6, 6.07) is 15.0. The Hall–Kier alpha value is -0.990. The number of alkyl halides is 1. The van der Waals surface area contributed by atoms with Gasteiger partial charge in [-0.3, -0.25) is 0 Å². The topological polar surface area (TPSA) is 3.24 Å². The van der Waals surface area contributed by atoms with Crippen molar-refractivity contribution >= 4 is 33.2 Å². The van der Waals surface area contributed by atoms with E-state index in [1.807, 2.05) is 0 Å². The monoisotopic (exact) mass is 321 g/mol. The predicted molar refractivity (Wildman–Crippen MR) is 80.0 cm³/mol. The van der Waals surface area contributed by atoms with E-state index >= 15 is 0 Å². The van der Waals surface area contributed by atoms with Crippen molar-refractivity contribution in [2.75, 3.05) is 4.90 Å². The summed E-state index contributed by atoms with van der Waals surface area (Å²) in [6.07, 6.45) is 0. The number of benzene rings is 2. The highest BCUT2D eigenvalue weighted by Crippen LogP contribution is 2.34. The molecule has 2 aromatic rings. The van der Waals surface area contributed by atoms with Crippen LogP contribution in [0.2, 0.25) is 0 Å². The molecule has 0 atom stereocenters. The molecule has 0 unspecified atom stereocenters. The van der Waals surface area contributed by atoms with Gasteiger partial charge in [0, 0.05) is 23.4 Å². The largest absolute Gasteiger partial charge is 0.362 e. The molecule has 2 aromatic carbocycles. The van der Waals surface area contributed by atoms with Gasteiger partial charge in [0.25, 0.3) is 0 Å². The fraction of sp³-hybridized carbons (Fsp3) is 0.200. The van der Waals surface area contributed by atoms with E-state index in [-0.39, 0.29) is 0 Å². The summed E-state index contributed by atoms with van der Waals surface area (Å²) in [5.41, 5.74) is 5.22. The molecule has 1 heterocycles. The van der Waals surface area contributed by atoms with E-state index in [0.717, 1.165) is 23.1 Å². The summed E-state index contributed by atoms with van der Waals surface area (Å²) in [5, 5.41) is 0. The van der Waals surface area contributed by atoms with Crippen LogP contribution in [-0.4, -0.2) is 0 Å². The van der Waals surface area contributed by atoms with Gasteiger partial charge in [-0.05, 0) is 44.8 Å². The van der Waals surface area contributed by atoms with E-state index < -0.39 is 0 Å². The van der Waals surface area contributed by atoms with Gasteiger partial charge in [0.15, 0.2) is 0 Å². The van der Waals surface area contributed by atoms with Crippen LogP contribution in [0.4, 0.5) is 5.69 Å². The second kappa shape index (κ2) is 4.94. The lowest BCUT2D eigenvalue weighted by molar-refractivity contribution is 0.877. The first-order valence-corrected chi connectivity index (χ1v) is 7.27. The van der Waals surface area contributed by atoms with E-state index in [4.69, 9.17) is 11.6 Å². The normalized spacial score (nSPS) is 13.8. The molecule has 1 aliphatic rings. The minimum atomic E-state index is 0.555. The van der Waals surface area contributed by atoms with Crippen molar-refractivity contribution in [3.8, 4) is 0 Å². The molecule has 0 N–H and O–H groups in total. The maximum Gasteiger partial charge on any atom is 0.0516 e. The highest BCUT2D eigenvalue weighted by atomic mass is 79.9. The average Bonchev–Trinajstić information content (AvgIpc) is 2.81. The van der Waals surface area contributed by atoms with Gasteiger partial charge >= 0.3 is 0 Å². The van der Waals surface area contributed by atoms with Crippen LogP contribution >= 0.6 is 27.5 Å². The fourth-order valence-electron chi connectivity index (χ4n) is 2.39. The van der Waals surface area contributed by atoms with Crippen LogP contribution in [0.1, 0.15) is 16.7 Å². The molecule has 0 aromatic heterocycles. The van der Waals surface area contributed by atoms with Gasteiger partial charge in [-0.15, -0.1) is 11.6 Å². The number of fused-ring (bicyclic) bond motifs is 1. The second-order valence-electron chi connectivity index (χ2n) is 4.54. The second-order valence-corrected chi connectivity index (χ2v) is 5.67. The summed E-state index contributed by atoms with van der Waals surface area (Å²) in [6.45, 7) is 1.96. The Morgan fingerprint density at radius 1 is 1.06 bits per heavy atom. The molecule has 0 aliphatic carbocycles. The summed E-state index contributed by atoms with van der Waals surface area (Å²) in [5.74, 6) is 0.555. The summed E-state index contributed by atoms with van der Waals surface area (Å²) in [7, 11) is 0. The molecule has 92 valence electrons. The molecule has 0 saturated heterocycles. The summed E-state index contributed by atoms with van der Waals surface area (Å²) >= 11 is 9.49. The Bertz CT molecular complexity index is 557. The van der Waals surface area contributed by atoms with Crippen molar-refractivity contribution in [1.29, 1.82) is 0 Å². The maximum atomic E-state index is 5.85. The summed E-state index contributed by atoms with van der Waals surface area (Å²) < 4.78 is 1.12. The molecular formula is C15H13BrClN. The molecular weight excluding hydrogens is 310 g/mol. The van der Waals surface area contributed by atoms with Crippen molar-refractivity contribution in [1.82, 2.24) is 0 Å². The molecule has 1 aliphatic heterocycles. The highest BCUT2D eigenvalue weighted by molar-refractivity contribution is 9.10. The standard InChI is InChI=1S/C15H13BrClN/c16-14-7-11(8-17)5-6-15(14)18-9-12-3-1-2-4-13(12)10-18/h1-7H,8-10H2. The zero-order valence-electron chi connectivity index (χ0n) is 9.87. The third-order valence-corrected chi connectivity index (χ3v) is 4.29. The van der Waals surface area contributed by atoms with E-state index in [2.05, 4.69) is 63.3 Å². The zero-order chi connectivity index (χ0) is 12.5. The average molecular weight is 323 g/mol. The zero-order valence-corrected chi connectivity index (χ0v) is 12.2. The molecule has 0 bridgehead atoms. The predicted octanol–water partition coefficient (Wildman–Crippen LogP) is 4.71. The van der Waals surface area contributed by atoms with Gasteiger partial charge in [0.2, 0.25) is 0 Å². The number of halogens is 2. The van der Waals surface area contributed by atoms with Crippen molar-refractivity contribution in [3.05, 3.63) is 63.6 Å². The minimum Gasteiger partial charge on any atom is -0.362 e. The maximum absolute atomic E-state index is 5.85. The van der Waals surface area contributed by atoms with Crippen molar-refractivity contribution < 1.29 is 0 Å². The van der Waals surface area contributed by atoms with Crippen LogP contribution in [0.3, 0.4) is 0 Å². The molecule has 3 heteroatoms. The van der Waals surface area contributed by atoms with E-state index in [1.165, 1.54) is 16.8 Å². The van der Waals surface area contributed by atoms with Crippen LogP contribution < -0.4 is 4.90 Å². The van der Waals surface area contributed by atoms with Crippen molar-refractivity contribution in [3.63, 3.8) is 0 Å². The molecule has 0 fully saturated rings. The highest BCUT2D eigenvalue weighted by Gasteiger charge is 2.20. The lowest BCUT2D eigenvalue weighted by Crippen LogP contribution is -2.14. The van der Waals surface area contributed by atoms with Crippen LogP contribution in [0.5, 0.6) is 0 Å². The molecule has 0 radical (unpaired) electrons. The first-order valence-electron chi connectivity index (χ1n) is 5.94. The molecule has 1 nitrogen and oxygen atoms in total.